The van der Waals surface area contributed by atoms with Gasteiger partial charge >= 0.3 is 0 Å². The number of rotatable bonds is 6. The number of nitrogens with two attached hydrogens (primary N) is 1. The van der Waals surface area contributed by atoms with Crippen LogP contribution in [0.2, 0.25) is 0 Å². The monoisotopic (exact) mass is 241 g/mol. The van der Waals surface area contributed by atoms with Crippen molar-refractivity contribution in [2.45, 2.75) is 32.9 Å². The maximum Gasteiger partial charge on any atom is 0.222 e. The minimum absolute atomic E-state index is 0.0951. The average molecular weight is 241 g/mol. The van der Waals surface area contributed by atoms with Gasteiger partial charge in [0, 0.05) is 25.8 Å². The summed E-state index contributed by atoms with van der Waals surface area (Å²) in [6.07, 6.45) is 0.0239. The number of carbonyl (C=O) groups is 1. The number of methoxy groups -OCH3 is 1. The maximum absolute atomic E-state index is 11.6. The molecular weight excluding hydrogens is 222 g/mol. The van der Waals surface area contributed by atoms with Crippen molar-refractivity contribution < 1.29 is 14.1 Å². The number of ether oxygens (including phenoxy) is 1. The second kappa shape index (κ2) is 6.36. The van der Waals surface area contributed by atoms with Crippen molar-refractivity contribution in [3.8, 4) is 0 Å². The third-order valence-electron chi connectivity index (χ3n) is 2.65. The van der Waals surface area contributed by atoms with Gasteiger partial charge in [0.2, 0.25) is 5.91 Å². The second-order valence-corrected chi connectivity index (χ2v) is 3.88. The molecule has 1 aromatic rings. The Kier molecular flexibility index (Phi) is 5.11. The number of aryl methyl sites for hydroxylation is 2. The van der Waals surface area contributed by atoms with Crippen LogP contribution in [0.3, 0.4) is 0 Å². The molecule has 6 heteroatoms. The van der Waals surface area contributed by atoms with Gasteiger partial charge in [-0.3, -0.25) is 4.79 Å². The van der Waals surface area contributed by atoms with Crippen LogP contribution in [0.5, 0.6) is 0 Å². The minimum atomic E-state index is -0.236. The van der Waals surface area contributed by atoms with Gasteiger partial charge in [0.05, 0.1) is 18.2 Å². The molecule has 0 saturated carbocycles. The Bertz CT molecular complexity index is 353. The fourth-order valence-electron chi connectivity index (χ4n) is 1.48. The molecular formula is C11H19N3O3. The van der Waals surface area contributed by atoms with Crippen molar-refractivity contribution >= 4 is 5.91 Å². The van der Waals surface area contributed by atoms with Crippen molar-refractivity contribution in [2.75, 3.05) is 13.7 Å². The maximum atomic E-state index is 11.6. The van der Waals surface area contributed by atoms with E-state index in [1.807, 2.05) is 13.8 Å². The van der Waals surface area contributed by atoms with Crippen LogP contribution in [-0.2, 0) is 16.1 Å². The molecule has 0 aliphatic rings. The van der Waals surface area contributed by atoms with Crippen LogP contribution in [0, 0.1) is 13.8 Å². The van der Waals surface area contributed by atoms with Gasteiger partial charge in [-0.15, -0.1) is 0 Å². The Balaban J connectivity index is 2.43. The van der Waals surface area contributed by atoms with Crippen molar-refractivity contribution in [1.29, 1.82) is 0 Å². The Morgan fingerprint density at radius 3 is 2.76 bits per heavy atom. The number of nitrogens with zero attached hydrogens (tertiary/aromatic N) is 1. The Morgan fingerprint density at radius 2 is 2.29 bits per heavy atom. The van der Waals surface area contributed by atoms with Gasteiger partial charge in [-0.05, 0) is 13.8 Å². The van der Waals surface area contributed by atoms with E-state index in [0.717, 1.165) is 17.0 Å². The van der Waals surface area contributed by atoms with E-state index in [2.05, 4.69) is 10.5 Å². The fourth-order valence-corrected chi connectivity index (χ4v) is 1.48. The first-order valence-electron chi connectivity index (χ1n) is 5.49. The van der Waals surface area contributed by atoms with Gasteiger partial charge in [-0.25, -0.2) is 0 Å². The normalized spacial score (nSPS) is 12.5. The van der Waals surface area contributed by atoms with Crippen LogP contribution >= 0.6 is 0 Å². The van der Waals surface area contributed by atoms with E-state index in [1.54, 1.807) is 7.11 Å². The fraction of sp³-hybridized carbons (Fsp3) is 0.636. The topological polar surface area (TPSA) is 90.4 Å². The van der Waals surface area contributed by atoms with Gasteiger partial charge < -0.3 is 20.3 Å². The lowest BCUT2D eigenvalue weighted by Crippen LogP contribution is -2.32. The molecule has 17 heavy (non-hydrogen) atoms. The van der Waals surface area contributed by atoms with E-state index in [-0.39, 0.29) is 18.4 Å². The zero-order valence-electron chi connectivity index (χ0n) is 10.4. The van der Waals surface area contributed by atoms with Crippen molar-refractivity contribution in [2.24, 2.45) is 5.73 Å². The first kappa shape index (κ1) is 13.7. The summed E-state index contributed by atoms with van der Waals surface area (Å²) in [5, 5.41) is 6.61. The summed E-state index contributed by atoms with van der Waals surface area (Å²) in [5.74, 6) is 0.632. The zero-order valence-corrected chi connectivity index (χ0v) is 10.4. The SMILES string of the molecule is COC(CN)CC(=O)NCc1c(C)noc1C. The second-order valence-electron chi connectivity index (χ2n) is 3.88. The summed E-state index contributed by atoms with van der Waals surface area (Å²) in [5.41, 5.74) is 7.15. The molecule has 0 aliphatic carbocycles. The Labute approximate surface area is 100 Å². The first-order valence-corrected chi connectivity index (χ1v) is 5.49. The van der Waals surface area contributed by atoms with Crippen molar-refractivity contribution in [3.05, 3.63) is 17.0 Å². The van der Waals surface area contributed by atoms with Gasteiger partial charge in [0.1, 0.15) is 5.76 Å². The molecule has 0 radical (unpaired) electrons. The lowest BCUT2D eigenvalue weighted by molar-refractivity contribution is -0.123. The van der Waals surface area contributed by atoms with Gasteiger partial charge in [0.15, 0.2) is 0 Å². The van der Waals surface area contributed by atoms with Crippen LogP contribution in [0.4, 0.5) is 0 Å². The predicted octanol–water partition coefficient (Wildman–Crippen LogP) is 0.271. The molecule has 0 aromatic carbocycles. The number of nitrogens with one attached hydrogen (secondary N) is 1. The molecule has 0 spiro atoms. The first-order chi connectivity index (χ1) is 8.08. The largest absolute Gasteiger partial charge is 0.380 e. The van der Waals surface area contributed by atoms with E-state index in [1.165, 1.54) is 0 Å². The number of hydrogen-bond acceptors (Lipinski definition) is 5. The molecule has 1 rings (SSSR count). The van der Waals surface area contributed by atoms with Gasteiger partial charge in [-0.1, -0.05) is 5.16 Å². The summed E-state index contributed by atoms with van der Waals surface area (Å²) in [6, 6.07) is 0. The summed E-state index contributed by atoms with van der Waals surface area (Å²) in [6.45, 7) is 4.41. The summed E-state index contributed by atoms with van der Waals surface area (Å²) >= 11 is 0. The predicted molar refractivity (Wildman–Crippen MR) is 62.3 cm³/mol. The average Bonchev–Trinajstić information content (AvgIpc) is 2.63. The third-order valence-corrected chi connectivity index (χ3v) is 2.65. The Hall–Kier alpha value is -1.40. The van der Waals surface area contributed by atoms with Crippen LogP contribution < -0.4 is 11.1 Å². The van der Waals surface area contributed by atoms with E-state index >= 15 is 0 Å². The molecule has 6 nitrogen and oxygen atoms in total. The molecule has 96 valence electrons. The molecule has 3 N–H and O–H groups in total. The lowest BCUT2D eigenvalue weighted by atomic mass is 10.2. The number of hydrogen-bond donors (Lipinski definition) is 2. The molecule has 0 saturated heterocycles. The highest BCUT2D eigenvalue weighted by molar-refractivity contribution is 5.76. The molecule has 1 aromatic heterocycles. The molecule has 0 fully saturated rings. The van der Waals surface area contributed by atoms with E-state index in [0.29, 0.717) is 13.1 Å². The summed E-state index contributed by atoms with van der Waals surface area (Å²) in [4.78, 5) is 11.6. The highest BCUT2D eigenvalue weighted by Gasteiger charge is 2.13. The number of amides is 1. The smallest absolute Gasteiger partial charge is 0.222 e. The van der Waals surface area contributed by atoms with Gasteiger partial charge in [-0.2, -0.15) is 0 Å². The minimum Gasteiger partial charge on any atom is -0.380 e. The summed E-state index contributed by atoms with van der Waals surface area (Å²) in [7, 11) is 1.54. The summed E-state index contributed by atoms with van der Waals surface area (Å²) < 4.78 is 10.0. The van der Waals surface area contributed by atoms with Crippen LogP contribution in [0.1, 0.15) is 23.4 Å². The van der Waals surface area contributed by atoms with E-state index < -0.39 is 0 Å². The van der Waals surface area contributed by atoms with Gasteiger partial charge in [0.25, 0.3) is 0 Å². The van der Waals surface area contributed by atoms with Crippen molar-refractivity contribution in [1.82, 2.24) is 10.5 Å². The highest BCUT2D eigenvalue weighted by Crippen LogP contribution is 2.11. The van der Waals surface area contributed by atoms with E-state index in [9.17, 15) is 4.79 Å². The third kappa shape index (κ3) is 3.83. The number of aromatic nitrogens is 1. The molecule has 0 aliphatic heterocycles. The highest BCUT2D eigenvalue weighted by atomic mass is 16.5. The van der Waals surface area contributed by atoms with Crippen LogP contribution in [0.15, 0.2) is 4.52 Å². The van der Waals surface area contributed by atoms with Crippen molar-refractivity contribution in [3.63, 3.8) is 0 Å². The molecule has 1 amide bonds. The standard InChI is InChI=1S/C11H19N3O3/c1-7-10(8(2)17-14-7)6-13-11(15)4-9(5-12)16-3/h9H,4-6,12H2,1-3H3,(H,13,15). The van der Waals surface area contributed by atoms with E-state index in [4.69, 9.17) is 15.0 Å². The quantitative estimate of drug-likeness (QED) is 0.746. The lowest BCUT2D eigenvalue weighted by Gasteiger charge is -2.12. The molecule has 0 bridgehead atoms. The van der Waals surface area contributed by atoms with Crippen LogP contribution in [0.25, 0.3) is 0 Å². The van der Waals surface area contributed by atoms with Crippen LogP contribution in [-0.4, -0.2) is 30.8 Å². The molecule has 1 heterocycles. The molecule has 1 atom stereocenters. The zero-order chi connectivity index (χ0) is 12.8. The number of carbonyl (C=O) groups excluding carboxylic acids is 1. The Morgan fingerprint density at radius 1 is 1.59 bits per heavy atom. The molecule has 1 unspecified atom stereocenters.